The predicted molar refractivity (Wildman–Crippen MR) is 79.1 cm³/mol. The number of hydrogen-bond acceptors (Lipinski definition) is 2. The van der Waals surface area contributed by atoms with E-state index in [0.717, 1.165) is 19.6 Å². The highest BCUT2D eigenvalue weighted by Crippen LogP contribution is 2.15. The molecule has 0 aromatic carbocycles. The van der Waals surface area contributed by atoms with E-state index in [9.17, 15) is 0 Å². The van der Waals surface area contributed by atoms with Crippen LogP contribution in [0.5, 0.6) is 0 Å². The Kier molecular flexibility index (Phi) is 4.61. The molecule has 0 bridgehead atoms. The van der Waals surface area contributed by atoms with Crippen molar-refractivity contribution in [1.29, 1.82) is 0 Å². The van der Waals surface area contributed by atoms with Gasteiger partial charge in [-0.05, 0) is 42.5 Å². The van der Waals surface area contributed by atoms with Crippen LogP contribution in [0.2, 0.25) is 0 Å². The number of aromatic nitrogens is 1. The van der Waals surface area contributed by atoms with E-state index in [1.807, 2.05) is 11.3 Å². The fraction of sp³-hybridized carbons (Fsp3) is 0.467. The van der Waals surface area contributed by atoms with Gasteiger partial charge in [0, 0.05) is 23.3 Å². The molecule has 98 valence electrons. The maximum atomic E-state index is 3.50. The van der Waals surface area contributed by atoms with Gasteiger partial charge in [0.1, 0.15) is 0 Å². The lowest BCUT2D eigenvalue weighted by Gasteiger charge is -2.09. The normalized spacial score (nSPS) is 11.3. The molecule has 0 unspecified atom stereocenters. The van der Waals surface area contributed by atoms with Crippen molar-refractivity contribution in [2.45, 2.75) is 33.9 Å². The average molecular weight is 262 g/mol. The van der Waals surface area contributed by atoms with Gasteiger partial charge in [-0.1, -0.05) is 19.9 Å². The summed E-state index contributed by atoms with van der Waals surface area (Å²) < 4.78 is 2.33. The molecule has 2 aromatic rings. The van der Waals surface area contributed by atoms with Crippen LogP contribution in [-0.2, 0) is 13.1 Å². The second-order valence-corrected chi connectivity index (χ2v) is 6.19. The second kappa shape index (κ2) is 6.21. The van der Waals surface area contributed by atoms with Gasteiger partial charge in [0.2, 0.25) is 0 Å². The zero-order valence-corrected chi connectivity index (χ0v) is 12.3. The molecular formula is C15H22N2S. The van der Waals surface area contributed by atoms with Crippen LogP contribution in [-0.4, -0.2) is 11.1 Å². The SMILES string of the molecule is Cc1c(CNCC(C)C)ccn1Cc1cccs1. The van der Waals surface area contributed by atoms with Crippen molar-refractivity contribution in [2.24, 2.45) is 5.92 Å². The summed E-state index contributed by atoms with van der Waals surface area (Å²) in [4.78, 5) is 1.41. The quantitative estimate of drug-likeness (QED) is 0.841. The van der Waals surface area contributed by atoms with Crippen molar-refractivity contribution in [3.8, 4) is 0 Å². The maximum absolute atomic E-state index is 3.50. The lowest BCUT2D eigenvalue weighted by molar-refractivity contribution is 0.551. The minimum Gasteiger partial charge on any atom is -0.346 e. The second-order valence-electron chi connectivity index (χ2n) is 5.16. The summed E-state index contributed by atoms with van der Waals surface area (Å²) in [6.07, 6.45) is 2.20. The van der Waals surface area contributed by atoms with E-state index in [1.165, 1.54) is 16.1 Å². The summed E-state index contributed by atoms with van der Waals surface area (Å²) in [5.41, 5.74) is 2.78. The molecule has 0 aliphatic heterocycles. The van der Waals surface area contributed by atoms with Gasteiger partial charge in [-0.3, -0.25) is 0 Å². The predicted octanol–water partition coefficient (Wildman–Crippen LogP) is 3.65. The molecule has 2 nitrogen and oxygen atoms in total. The van der Waals surface area contributed by atoms with Crippen LogP contribution in [0.15, 0.2) is 29.8 Å². The van der Waals surface area contributed by atoms with Gasteiger partial charge in [-0.2, -0.15) is 0 Å². The Morgan fingerprint density at radius 1 is 1.33 bits per heavy atom. The summed E-state index contributed by atoms with van der Waals surface area (Å²) in [6, 6.07) is 6.54. The lowest BCUT2D eigenvalue weighted by atomic mass is 10.2. The molecule has 2 aromatic heterocycles. The molecule has 0 aliphatic carbocycles. The van der Waals surface area contributed by atoms with Gasteiger partial charge in [-0.15, -0.1) is 11.3 Å². The molecule has 1 N–H and O–H groups in total. The van der Waals surface area contributed by atoms with E-state index in [4.69, 9.17) is 0 Å². The molecule has 0 fully saturated rings. The van der Waals surface area contributed by atoms with Crippen molar-refractivity contribution in [3.05, 3.63) is 45.9 Å². The average Bonchev–Trinajstić information content (AvgIpc) is 2.93. The van der Waals surface area contributed by atoms with Crippen molar-refractivity contribution in [2.75, 3.05) is 6.54 Å². The van der Waals surface area contributed by atoms with Crippen molar-refractivity contribution < 1.29 is 0 Å². The molecule has 3 heteroatoms. The Morgan fingerprint density at radius 3 is 2.83 bits per heavy atom. The first kappa shape index (κ1) is 13.4. The molecular weight excluding hydrogens is 240 g/mol. The van der Waals surface area contributed by atoms with Crippen LogP contribution < -0.4 is 5.32 Å². The third-order valence-corrected chi connectivity index (χ3v) is 3.99. The van der Waals surface area contributed by atoms with E-state index in [0.29, 0.717) is 5.92 Å². The molecule has 0 radical (unpaired) electrons. The maximum Gasteiger partial charge on any atom is 0.0566 e. The summed E-state index contributed by atoms with van der Waals surface area (Å²) in [5, 5.41) is 5.64. The molecule has 2 heterocycles. The van der Waals surface area contributed by atoms with Gasteiger partial charge in [0.25, 0.3) is 0 Å². The monoisotopic (exact) mass is 262 g/mol. The van der Waals surface area contributed by atoms with Gasteiger partial charge < -0.3 is 9.88 Å². The Hall–Kier alpha value is -1.06. The highest BCUT2D eigenvalue weighted by Gasteiger charge is 2.05. The van der Waals surface area contributed by atoms with Crippen LogP contribution in [0.4, 0.5) is 0 Å². The molecule has 0 saturated heterocycles. The zero-order chi connectivity index (χ0) is 13.0. The van der Waals surface area contributed by atoms with Crippen LogP contribution in [0.1, 0.15) is 30.0 Å². The molecule has 0 amide bonds. The number of rotatable bonds is 6. The van der Waals surface area contributed by atoms with Crippen molar-refractivity contribution >= 4 is 11.3 Å². The van der Waals surface area contributed by atoms with E-state index >= 15 is 0 Å². The topological polar surface area (TPSA) is 17.0 Å². The smallest absolute Gasteiger partial charge is 0.0566 e. The largest absolute Gasteiger partial charge is 0.346 e. The van der Waals surface area contributed by atoms with Crippen molar-refractivity contribution in [3.63, 3.8) is 0 Å². The highest BCUT2D eigenvalue weighted by atomic mass is 32.1. The Bertz CT molecular complexity index is 469. The Labute approximate surface area is 114 Å². The summed E-state index contributed by atoms with van der Waals surface area (Å²) >= 11 is 1.82. The number of nitrogens with one attached hydrogen (secondary N) is 1. The van der Waals surface area contributed by atoms with Gasteiger partial charge in [0.15, 0.2) is 0 Å². The van der Waals surface area contributed by atoms with Crippen molar-refractivity contribution in [1.82, 2.24) is 9.88 Å². The summed E-state index contributed by atoms with van der Waals surface area (Å²) in [7, 11) is 0. The lowest BCUT2D eigenvalue weighted by Crippen LogP contribution is -2.19. The van der Waals surface area contributed by atoms with E-state index in [1.54, 1.807) is 0 Å². The minimum atomic E-state index is 0.707. The highest BCUT2D eigenvalue weighted by molar-refractivity contribution is 7.09. The van der Waals surface area contributed by atoms with Crippen LogP contribution >= 0.6 is 11.3 Å². The first-order valence-electron chi connectivity index (χ1n) is 6.54. The van der Waals surface area contributed by atoms with Crippen LogP contribution in [0.25, 0.3) is 0 Å². The van der Waals surface area contributed by atoms with Crippen LogP contribution in [0, 0.1) is 12.8 Å². The third-order valence-electron chi connectivity index (χ3n) is 3.13. The third kappa shape index (κ3) is 3.47. The van der Waals surface area contributed by atoms with Gasteiger partial charge in [-0.25, -0.2) is 0 Å². The number of hydrogen-bond donors (Lipinski definition) is 1. The molecule has 0 aliphatic rings. The number of thiophene rings is 1. The fourth-order valence-electron chi connectivity index (χ4n) is 2.02. The van der Waals surface area contributed by atoms with E-state index in [2.05, 4.69) is 60.4 Å². The molecule has 0 atom stereocenters. The molecule has 0 spiro atoms. The first-order valence-corrected chi connectivity index (χ1v) is 7.42. The summed E-state index contributed by atoms with van der Waals surface area (Å²) in [6.45, 7) is 9.73. The van der Waals surface area contributed by atoms with Crippen LogP contribution in [0.3, 0.4) is 0 Å². The molecule has 2 rings (SSSR count). The Balaban J connectivity index is 1.95. The van der Waals surface area contributed by atoms with Gasteiger partial charge in [0.05, 0.1) is 6.54 Å². The van der Waals surface area contributed by atoms with E-state index in [-0.39, 0.29) is 0 Å². The van der Waals surface area contributed by atoms with E-state index < -0.39 is 0 Å². The summed E-state index contributed by atoms with van der Waals surface area (Å²) in [5.74, 6) is 0.707. The molecule has 18 heavy (non-hydrogen) atoms. The first-order chi connectivity index (χ1) is 8.66. The fourth-order valence-corrected chi connectivity index (χ4v) is 2.72. The minimum absolute atomic E-state index is 0.707. The zero-order valence-electron chi connectivity index (χ0n) is 11.4. The van der Waals surface area contributed by atoms with Gasteiger partial charge >= 0.3 is 0 Å². The molecule has 0 saturated carbocycles. The Morgan fingerprint density at radius 2 is 2.17 bits per heavy atom. The standard InChI is InChI=1S/C15H22N2S/c1-12(2)9-16-10-14-6-7-17(13(14)3)11-15-5-4-8-18-15/h4-8,12,16H,9-11H2,1-3H3. The number of nitrogens with zero attached hydrogens (tertiary/aromatic N) is 1.